The molecule has 0 amide bonds. The highest BCUT2D eigenvalue weighted by atomic mass is 32.2. The molecule has 0 saturated heterocycles. The van der Waals surface area contributed by atoms with Gasteiger partial charge in [-0.15, -0.1) is 23.5 Å². The first-order chi connectivity index (χ1) is 19.0. The van der Waals surface area contributed by atoms with E-state index < -0.39 is 0 Å². The molecule has 2 heterocycles. The van der Waals surface area contributed by atoms with E-state index in [1.807, 2.05) is 12.4 Å². The van der Waals surface area contributed by atoms with Crippen LogP contribution in [-0.4, -0.2) is 31.6 Å². The Bertz CT molecular complexity index is 1450. The molecule has 4 aromatic carbocycles. The number of fused-ring (bicyclic) bond motifs is 6. The van der Waals surface area contributed by atoms with Crippen LogP contribution in [0.3, 0.4) is 0 Å². The van der Waals surface area contributed by atoms with Crippen molar-refractivity contribution in [2.45, 2.75) is 36.7 Å². The molecule has 4 aromatic rings. The van der Waals surface area contributed by atoms with E-state index in [0.717, 1.165) is 42.3 Å². The van der Waals surface area contributed by atoms with Crippen LogP contribution in [0.15, 0.2) is 92.6 Å². The molecule has 6 rings (SSSR count). The van der Waals surface area contributed by atoms with Gasteiger partial charge in [-0.2, -0.15) is 0 Å². The zero-order valence-electron chi connectivity index (χ0n) is 22.8. The molecule has 2 bridgehead atoms. The molecule has 0 atom stereocenters. The summed E-state index contributed by atoms with van der Waals surface area (Å²) >= 11 is 3.51. The highest BCUT2D eigenvalue weighted by molar-refractivity contribution is 7.98. The molecular formula is C33H32N4S2. The van der Waals surface area contributed by atoms with Crippen molar-refractivity contribution >= 4 is 58.7 Å². The lowest BCUT2D eigenvalue weighted by Gasteiger charge is -2.46. The van der Waals surface area contributed by atoms with Gasteiger partial charge in [0.1, 0.15) is 0 Å². The van der Waals surface area contributed by atoms with Gasteiger partial charge in [-0.3, -0.25) is 9.98 Å². The molecule has 2 aliphatic heterocycles. The van der Waals surface area contributed by atoms with Crippen molar-refractivity contribution in [2.75, 3.05) is 29.0 Å². The highest BCUT2D eigenvalue weighted by Crippen LogP contribution is 2.44. The Morgan fingerprint density at radius 1 is 0.590 bits per heavy atom. The number of hydrogen-bond acceptors (Lipinski definition) is 6. The SMILES string of the molecule is CSc1ccc(C=Nc2ccc3c(c2C)N2Cc4ccc(N=Cc5ccc(SC)cc5)c(C)c4N(C3)C2)cc1. The van der Waals surface area contributed by atoms with Crippen molar-refractivity contribution in [1.29, 1.82) is 0 Å². The molecule has 0 aromatic heterocycles. The van der Waals surface area contributed by atoms with E-state index in [0.29, 0.717) is 0 Å². The lowest BCUT2D eigenvalue weighted by Crippen LogP contribution is -2.46. The summed E-state index contributed by atoms with van der Waals surface area (Å²) in [5.41, 5.74) is 12.2. The van der Waals surface area contributed by atoms with Gasteiger partial charge in [0.2, 0.25) is 0 Å². The van der Waals surface area contributed by atoms with Crippen LogP contribution in [-0.2, 0) is 13.1 Å². The van der Waals surface area contributed by atoms with Gasteiger partial charge in [0.15, 0.2) is 0 Å². The molecule has 0 fully saturated rings. The van der Waals surface area contributed by atoms with Crippen molar-refractivity contribution in [3.8, 4) is 0 Å². The maximum atomic E-state index is 4.88. The molecule has 0 aliphatic carbocycles. The molecule has 6 heteroatoms. The second-order valence-corrected chi connectivity index (χ2v) is 11.8. The first-order valence-electron chi connectivity index (χ1n) is 13.1. The average Bonchev–Trinajstić information content (AvgIpc) is 2.97. The third-order valence-corrected chi connectivity index (χ3v) is 9.09. The third kappa shape index (κ3) is 5.11. The molecule has 0 spiro atoms. The normalized spacial score (nSPS) is 14.3. The van der Waals surface area contributed by atoms with E-state index in [1.165, 1.54) is 43.4 Å². The monoisotopic (exact) mass is 548 g/mol. The molecule has 0 unspecified atom stereocenters. The van der Waals surface area contributed by atoms with Crippen LogP contribution in [0.2, 0.25) is 0 Å². The summed E-state index contributed by atoms with van der Waals surface area (Å²) < 4.78 is 0. The highest BCUT2D eigenvalue weighted by Gasteiger charge is 2.32. The number of benzene rings is 4. The largest absolute Gasteiger partial charge is 0.349 e. The van der Waals surface area contributed by atoms with Gasteiger partial charge < -0.3 is 9.80 Å². The van der Waals surface area contributed by atoms with Crippen LogP contribution < -0.4 is 9.80 Å². The molecule has 196 valence electrons. The van der Waals surface area contributed by atoms with Gasteiger partial charge in [0.05, 0.1) is 18.0 Å². The van der Waals surface area contributed by atoms with E-state index in [1.54, 1.807) is 23.5 Å². The number of rotatable bonds is 6. The van der Waals surface area contributed by atoms with Crippen LogP contribution in [0.5, 0.6) is 0 Å². The van der Waals surface area contributed by atoms with Crippen LogP contribution in [0, 0.1) is 13.8 Å². The van der Waals surface area contributed by atoms with Gasteiger partial charge in [0, 0.05) is 46.7 Å². The van der Waals surface area contributed by atoms with Crippen LogP contribution in [0.1, 0.15) is 33.4 Å². The number of anilines is 2. The Hall–Kier alpha value is -3.48. The Kier molecular flexibility index (Phi) is 7.24. The molecule has 39 heavy (non-hydrogen) atoms. The number of thioether (sulfide) groups is 2. The first kappa shape index (κ1) is 25.8. The number of aliphatic imine (C=N–C) groups is 2. The van der Waals surface area contributed by atoms with E-state index in [-0.39, 0.29) is 0 Å². The quantitative estimate of drug-likeness (QED) is 0.178. The van der Waals surface area contributed by atoms with Gasteiger partial charge in [-0.25, -0.2) is 0 Å². The van der Waals surface area contributed by atoms with Crippen LogP contribution in [0.25, 0.3) is 0 Å². The Balaban J connectivity index is 1.26. The molecule has 0 radical (unpaired) electrons. The van der Waals surface area contributed by atoms with Crippen LogP contribution >= 0.6 is 23.5 Å². The van der Waals surface area contributed by atoms with Crippen molar-refractivity contribution < 1.29 is 0 Å². The Labute approximate surface area is 239 Å². The lowest BCUT2D eigenvalue weighted by atomic mass is 9.95. The van der Waals surface area contributed by atoms with Crippen molar-refractivity contribution in [3.05, 3.63) is 106 Å². The minimum Gasteiger partial charge on any atom is -0.349 e. The summed E-state index contributed by atoms with van der Waals surface area (Å²) in [4.78, 5) is 17.3. The zero-order chi connectivity index (χ0) is 26.9. The second kappa shape index (κ2) is 10.9. The zero-order valence-corrected chi connectivity index (χ0v) is 24.4. The Morgan fingerprint density at radius 3 is 1.38 bits per heavy atom. The minimum absolute atomic E-state index is 0.883. The molecule has 0 N–H and O–H groups in total. The fraction of sp³-hybridized carbons (Fsp3) is 0.212. The van der Waals surface area contributed by atoms with Gasteiger partial charge in [0.25, 0.3) is 0 Å². The molecule has 0 saturated carbocycles. The predicted octanol–water partition coefficient (Wildman–Crippen LogP) is 8.55. The predicted molar refractivity (Wildman–Crippen MR) is 171 cm³/mol. The fourth-order valence-electron chi connectivity index (χ4n) is 5.59. The summed E-state index contributed by atoms with van der Waals surface area (Å²) in [5.74, 6) is 0. The molecular weight excluding hydrogens is 517 g/mol. The van der Waals surface area contributed by atoms with Gasteiger partial charge in [-0.1, -0.05) is 36.4 Å². The average molecular weight is 549 g/mol. The number of nitrogens with zero attached hydrogens (tertiary/aromatic N) is 4. The smallest absolute Gasteiger partial charge is 0.0910 e. The number of hydrogen-bond donors (Lipinski definition) is 0. The van der Waals surface area contributed by atoms with Crippen molar-refractivity contribution in [1.82, 2.24) is 0 Å². The summed E-state index contributed by atoms with van der Waals surface area (Å²) in [6.45, 7) is 7.09. The van der Waals surface area contributed by atoms with Gasteiger partial charge >= 0.3 is 0 Å². The maximum Gasteiger partial charge on any atom is 0.0910 e. The van der Waals surface area contributed by atoms with Crippen molar-refractivity contribution in [3.63, 3.8) is 0 Å². The summed E-state index contributed by atoms with van der Waals surface area (Å²) in [6.07, 6.45) is 8.14. The van der Waals surface area contributed by atoms with Crippen LogP contribution in [0.4, 0.5) is 22.7 Å². The third-order valence-electron chi connectivity index (χ3n) is 7.61. The fourth-order valence-corrected chi connectivity index (χ4v) is 6.41. The second-order valence-electron chi connectivity index (χ2n) is 10.0. The maximum absolute atomic E-state index is 4.88. The van der Waals surface area contributed by atoms with Crippen molar-refractivity contribution in [2.24, 2.45) is 9.98 Å². The lowest BCUT2D eigenvalue weighted by molar-refractivity contribution is 0.647. The van der Waals surface area contributed by atoms with E-state index in [2.05, 4.69) is 109 Å². The minimum atomic E-state index is 0.883. The topological polar surface area (TPSA) is 31.2 Å². The van der Waals surface area contributed by atoms with E-state index in [4.69, 9.17) is 9.98 Å². The van der Waals surface area contributed by atoms with E-state index >= 15 is 0 Å². The molecule has 2 aliphatic rings. The summed E-state index contributed by atoms with van der Waals surface area (Å²) in [7, 11) is 0. The van der Waals surface area contributed by atoms with E-state index in [9.17, 15) is 0 Å². The Morgan fingerprint density at radius 2 is 1.00 bits per heavy atom. The first-order valence-corrected chi connectivity index (χ1v) is 15.6. The standard InChI is InChI=1S/C33H32N4S2/c1-22-30(34-17-24-5-11-28(38-3)12-6-24)15-9-26-19-37-21-36(32(22)26)20-27-10-16-31(23(2)33(27)37)35-18-25-7-13-29(39-4)14-8-25/h5-18H,19-21H2,1-4H3. The summed E-state index contributed by atoms with van der Waals surface area (Å²) in [6, 6.07) is 25.9. The molecule has 4 nitrogen and oxygen atoms in total. The van der Waals surface area contributed by atoms with Gasteiger partial charge in [-0.05, 0) is 96.1 Å². The summed E-state index contributed by atoms with van der Waals surface area (Å²) in [5, 5.41) is 0.